The molecule has 1 aromatic heterocycles. The van der Waals surface area contributed by atoms with Crippen LogP contribution in [-0.4, -0.2) is 17.1 Å². The Bertz CT molecular complexity index is 760. The summed E-state index contributed by atoms with van der Waals surface area (Å²) in [7, 11) is 1.93. The number of benzene rings is 1. The van der Waals surface area contributed by atoms with Crippen LogP contribution in [0, 0.1) is 20.8 Å². The molecule has 0 saturated heterocycles. The SMILES string of the molecule is CNCc1nc(C2(C)CCc3c(C)c(O)c(C)c(C)c3O2)cs1.Cl. The Hall–Kier alpha value is -1.30. The summed E-state index contributed by atoms with van der Waals surface area (Å²) < 4.78 is 6.46. The van der Waals surface area contributed by atoms with E-state index >= 15 is 0 Å². The van der Waals surface area contributed by atoms with Gasteiger partial charge in [0.15, 0.2) is 0 Å². The number of fused-ring (bicyclic) bond motifs is 1. The Morgan fingerprint density at radius 1 is 1.29 bits per heavy atom. The first-order valence-corrected chi connectivity index (χ1v) is 8.85. The molecule has 0 spiro atoms. The molecule has 1 unspecified atom stereocenters. The minimum Gasteiger partial charge on any atom is -0.507 e. The molecule has 2 heterocycles. The van der Waals surface area contributed by atoms with E-state index < -0.39 is 5.60 Å². The number of phenolic OH excluding ortho intramolecular Hbond substituents is 1. The smallest absolute Gasteiger partial charge is 0.149 e. The third kappa shape index (κ3) is 3.01. The highest BCUT2D eigenvalue weighted by atomic mass is 35.5. The van der Waals surface area contributed by atoms with Crippen molar-refractivity contribution >= 4 is 23.7 Å². The third-order valence-electron chi connectivity index (χ3n) is 4.94. The van der Waals surface area contributed by atoms with Crippen LogP contribution in [0.3, 0.4) is 0 Å². The average Bonchev–Trinajstić information content (AvgIpc) is 3.01. The van der Waals surface area contributed by atoms with Gasteiger partial charge in [0, 0.05) is 17.5 Å². The predicted molar refractivity (Wildman–Crippen MR) is 101 cm³/mol. The van der Waals surface area contributed by atoms with E-state index in [1.54, 1.807) is 11.3 Å². The Morgan fingerprint density at radius 2 is 2.00 bits per heavy atom. The van der Waals surface area contributed by atoms with Gasteiger partial charge in [0.25, 0.3) is 0 Å². The molecule has 0 saturated carbocycles. The van der Waals surface area contributed by atoms with E-state index in [-0.39, 0.29) is 12.4 Å². The maximum atomic E-state index is 10.3. The monoisotopic (exact) mass is 368 g/mol. The molecule has 24 heavy (non-hydrogen) atoms. The molecule has 2 aromatic rings. The fraction of sp³-hybridized carbons (Fsp3) is 0.500. The van der Waals surface area contributed by atoms with Gasteiger partial charge in [0.05, 0.1) is 5.69 Å². The molecule has 1 aromatic carbocycles. The second-order valence-corrected chi connectivity index (χ2v) is 7.46. The molecule has 1 atom stereocenters. The van der Waals surface area contributed by atoms with Crippen LogP contribution in [0.2, 0.25) is 0 Å². The molecule has 1 aliphatic rings. The number of aromatic hydroxyl groups is 1. The number of hydrogen-bond acceptors (Lipinski definition) is 5. The summed E-state index contributed by atoms with van der Waals surface area (Å²) in [5.41, 5.74) is 4.60. The van der Waals surface area contributed by atoms with E-state index in [1.165, 1.54) is 0 Å². The van der Waals surface area contributed by atoms with Crippen LogP contribution in [0.15, 0.2) is 5.38 Å². The summed E-state index contributed by atoms with van der Waals surface area (Å²) in [5.74, 6) is 1.33. The van der Waals surface area contributed by atoms with Crippen LogP contribution in [0.4, 0.5) is 0 Å². The fourth-order valence-electron chi connectivity index (χ4n) is 3.21. The summed E-state index contributed by atoms with van der Waals surface area (Å²) in [6, 6.07) is 0. The van der Waals surface area contributed by atoms with E-state index in [0.717, 1.165) is 58.1 Å². The fourth-order valence-corrected chi connectivity index (χ4v) is 4.14. The van der Waals surface area contributed by atoms with Crippen molar-refractivity contribution in [1.29, 1.82) is 0 Å². The van der Waals surface area contributed by atoms with Gasteiger partial charge < -0.3 is 15.2 Å². The molecule has 1 aliphatic heterocycles. The van der Waals surface area contributed by atoms with Gasteiger partial charge in [-0.2, -0.15) is 0 Å². The molecule has 132 valence electrons. The first-order valence-electron chi connectivity index (χ1n) is 7.97. The standard InChI is InChI=1S/C18H24N2O2S.ClH/c1-10-11(2)17-13(12(3)16(10)21)6-7-18(4,22-17)14-9-23-15(20-14)8-19-5;/h9,19,21H,6-8H2,1-5H3;1H. The highest BCUT2D eigenvalue weighted by Crippen LogP contribution is 2.46. The average molecular weight is 369 g/mol. The lowest BCUT2D eigenvalue weighted by atomic mass is 9.86. The van der Waals surface area contributed by atoms with Crippen LogP contribution in [-0.2, 0) is 18.6 Å². The summed E-state index contributed by atoms with van der Waals surface area (Å²) >= 11 is 1.67. The van der Waals surface area contributed by atoms with Crippen LogP contribution in [0.1, 0.15) is 46.3 Å². The number of aromatic nitrogens is 1. The highest BCUT2D eigenvalue weighted by molar-refractivity contribution is 7.09. The number of nitrogens with zero attached hydrogens (tertiary/aromatic N) is 1. The Labute approximate surface area is 153 Å². The van der Waals surface area contributed by atoms with Crippen LogP contribution >= 0.6 is 23.7 Å². The van der Waals surface area contributed by atoms with E-state index in [0.29, 0.717) is 5.75 Å². The van der Waals surface area contributed by atoms with Gasteiger partial charge in [-0.05, 0) is 64.3 Å². The van der Waals surface area contributed by atoms with Crippen molar-refractivity contribution in [3.63, 3.8) is 0 Å². The molecule has 0 bridgehead atoms. The summed E-state index contributed by atoms with van der Waals surface area (Å²) in [5, 5.41) is 16.6. The Balaban J connectivity index is 0.00000208. The Morgan fingerprint density at radius 3 is 2.67 bits per heavy atom. The normalized spacial score (nSPS) is 19.4. The lowest BCUT2D eigenvalue weighted by Gasteiger charge is -2.36. The van der Waals surface area contributed by atoms with Crippen molar-refractivity contribution in [3.05, 3.63) is 38.3 Å². The molecule has 0 radical (unpaired) electrons. The van der Waals surface area contributed by atoms with Crippen LogP contribution in [0.25, 0.3) is 0 Å². The molecule has 0 aliphatic carbocycles. The molecule has 6 heteroatoms. The second-order valence-electron chi connectivity index (χ2n) is 6.52. The molecule has 2 N–H and O–H groups in total. The molecular formula is C18H25ClN2O2S. The third-order valence-corrected chi connectivity index (χ3v) is 5.79. The molecule has 4 nitrogen and oxygen atoms in total. The van der Waals surface area contributed by atoms with Crippen molar-refractivity contribution in [2.75, 3.05) is 7.05 Å². The minimum absolute atomic E-state index is 0. The lowest BCUT2D eigenvalue weighted by molar-refractivity contribution is 0.0572. The van der Waals surface area contributed by atoms with Crippen molar-refractivity contribution in [2.24, 2.45) is 0 Å². The van der Waals surface area contributed by atoms with Crippen molar-refractivity contribution in [1.82, 2.24) is 10.3 Å². The summed E-state index contributed by atoms with van der Waals surface area (Å²) in [4.78, 5) is 4.74. The van der Waals surface area contributed by atoms with Crippen LogP contribution in [0.5, 0.6) is 11.5 Å². The Kier molecular flexibility index (Phi) is 5.47. The zero-order valence-corrected chi connectivity index (χ0v) is 16.5. The van der Waals surface area contributed by atoms with Gasteiger partial charge in [-0.1, -0.05) is 0 Å². The zero-order valence-electron chi connectivity index (χ0n) is 14.8. The number of nitrogens with one attached hydrogen (secondary N) is 1. The molecular weight excluding hydrogens is 344 g/mol. The predicted octanol–water partition coefficient (Wildman–Crippen LogP) is 4.16. The van der Waals surface area contributed by atoms with E-state index in [1.807, 2.05) is 27.8 Å². The van der Waals surface area contributed by atoms with Gasteiger partial charge in [-0.25, -0.2) is 4.98 Å². The minimum atomic E-state index is -0.407. The largest absolute Gasteiger partial charge is 0.507 e. The zero-order chi connectivity index (χ0) is 16.8. The van der Waals surface area contributed by atoms with Gasteiger partial charge in [-0.3, -0.25) is 0 Å². The maximum Gasteiger partial charge on any atom is 0.149 e. The van der Waals surface area contributed by atoms with E-state index in [2.05, 4.69) is 17.6 Å². The van der Waals surface area contributed by atoms with Gasteiger partial charge in [0.1, 0.15) is 22.1 Å². The van der Waals surface area contributed by atoms with E-state index in [9.17, 15) is 5.11 Å². The quantitative estimate of drug-likeness (QED) is 0.854. The maximum absolute atomic E-state index is 10.3. The number of hydrogen-bond donors (Lipinski definition) is 2. The van der Waals surface area contributed by atoms with Crippen molar-refractivity contribution in [3.8, 4) is 11.5 Å². The number of rotatable bonds is 3. The van der Waals surface area contributed by atoms with E-state index in [4.69, 9.17) is 9.72 Å². The van der Waals surface area contributed by atoms with Crippen LogP contribution < -0.4 is 10.1 Å². The van der Waals surface area contributed by atoms with Crippen molar-refractivity contribution in [2.45, 2.75) is 52.7 Å². The molecule has 0 fully saturated rings. The van der Waals surface area contributed by atoms with Gasteiger partial charge >= 0.3 is 0 Å². The number of halogens is 1. The van der Waals surface area contributed by atoms with Crippen molar-refractivity contribution < 1.29 is 9.84 Å². The summed E-state index contributed by atoms with van der Waals surface area (Å²) in [6.45, 7) is 8.84. The molecule has 0 amide bonds. The second kappa shape index (κ2) is 6.90. The number of ether oxygens (including phenoxy) is 1. The molecule has 3 rings (SSSR count). The summed E-state index contributed by atoms with van der Waals surface area (Å²) in [6.07, 6.45) is 1.76. The number of phenols is 1. The number of thiazole rings is 1. The topological polar surface area (TPSA) is 54.4 Å². The first kappa shape index (κ1) is 19.0. The first-order chi connectivity index (χ1) is 10.9. The highest BCUT2D eigenvalue weighted by Gasteiger charge is 2.37. The van der Waals surface area contributed by atoms with Gasteiger partial charge in [-0.15, -0.1) is 23.7 Å². The van der Waals surface area contributed by atoms with Gasteiger partial charge in [0.2, 0.25) is 0 Å². The lowest BCUT2D eigenvalue weighted by Crippen LogP contribution is -2.35.